The van der Waals surface area contributed by atoms with E-state index in [1.54, 1.807) is 24.3 Å². The number of anilines is 1. The van der Waals surface area contributed by atoms with Gasteiger partial charge in [0.05, 0.1) is 18.3 Å². The highest BCUT2D eigenvalue weighted by atomic mass is 32.2. The number of sulfonamides is 1. The summed E-state index contributed by atoms with van der Waals surface area (Å²) in [5, 5.41) is 11.7. The summed E-state index contributed by atoms with van der Waals surface area (Å²) >= 11 is 0. The number of pyridine rings is 2. The Morgan fingerprint density at radius 1 is 1.00 bits per heavy atom. The lowest BCUT2D eigenvalue weighted by Crippen LogP contribution is -2.31. The molecule has 4 rings (SSSR count). The van der Waals surface area contributed by atoms with Crippen LogP contribution in [0.2, 0.25) is 0 Å². The lowest BCUT2D eigenvalue weighted by atomic mass is 9.99. The van der Waals surface area contributed by atoms with Crippen molar-refractivity contribution in [2.45, 2.75) is 24.3 Å². The molecule has 3 N–H and O–H groups in total. The van der Waals surface area contributed by atoms with Gasteiger partial charge in [-0.3, -0.25) is 9.78 Å². The number of carbonyl (C=O) groups is 1. The Hall–Kier alpha value is -4.28. The van der Waals surface area contributed by atoms with Crippen LogP contribution in [-0.4, -0.2) is 42.6 Å². The normalized spacial score (nSPS) is 12.0. The average molecular weight is 533 g/mol. The minimum atomic E-state index is -3.91. The number of benzene rings is 2. The third-order valence-corrected chi connectivity index (χ3v) is 7.12. The molecule has 1 unspecified atom stereocenters. The minimum Gasteiger partial charge on any atom is -0.494 e. The van der Waals surface area contributed by atoms with E-state index in [1.807, 2.05) is 55.5 Å². The maximum atomic E-state index is 13.1. The lowest BCUT2D eigenvalue weighted by Gasteiger charge is -2.20. The number of aliphatic carboxylic acids is 1. The van der Waals surface area contributed by atoms with E-state index in [0.29, 0.717) is 24.5 Å². The topological polar surface area (TPSA) is 131 Å². The predicted octanol–water partition coefficient (Wildman–Crippen LogP) is 4.30. The zero-order chi connectivity index (χ0) is 27.0. The first-order valence-corrected chi connectivity index (χ1v) is 13.5. The van der Waals surface area contributed by atoms with Crippen LogP contribution in [0.5, 0.6) is 5.75 Å². The van der Waals surface area contributed by atoms with Crippen LogP contribution in [0.25, 0.3) is 11.1 Å². The zero-order valence-corrected chi connectivity index (χ0v) is 21.6. The monoisotopic (exact) mass is 532 g/mol. The molecule has 0 bridgehead atoms. The zero-order valence-electron chi connectivity index (χ0n) is 20.7. The molecule has 0 saturated carbocycles. The summed E-state index contributed by atoms with van der Waals surface area (Å²) in [6, 6.07) is 23.0. The highest BCUT2D eigenvalue weighted by Crippen LogP contribution is 2.26. The molecule has 10 heteroatoms. The van der Waals surface area contributed by atoms with Crippen molar-refractivity contribution >= 4 is 21.8 Å². The van der Waals surface area contributed by atoms with Gasteiger partial charge in [-0.05, 0) is 66.4 Å². The molecular weight excluding hydrogens is 504 g/mol. The Morgan fingerprint density at radius 2 is 1.79 bits per heavy atom. The maximum Gasteiger partial charge on any atom is 0.322 e. The summed E-state index contributed by atoms with van der Waals surface area (Å²) in [6.45, 7) is 2.21. The van der Waals surface area contributed by atoms with E-state index in [1.165, 1.54) is 18.5 Å². The van der Waals surface area contributed by atoms with E-state index in [2.05, 4.69) is 20.0 Å². The van der Waals surface area contributed by atoms with Crippen molar-refractivity contribution in [3.05, 3.63) is 103 Å². The van der Waals surface area contributed by atoms with Crippen LogP contribution in [0.1, 0.15) is 24.2 Å². The molecule has 0 radical (unpaired) electrons. The first-order chi connectivity index (χ1) is 18.3. The Labute approximate surface area is 221 Å². The number of ether oxygens (including phenoxy) is 1. The third kappa shape index (κ3) is 7.15. The molecule has 0 aliphatic carbocycles. The average Bonchev–Trinajstić information content (AvgIpc) is 2.93. The Morgan fingerprint density at radius 3 is 2.50 bits per heavy atom. The summed E-state index contributed by atoms with van der Waals surface area (Å²) in [5.41, 5.74) is 3.34. The molecule has 2 aromatic heterocycles. The van der Waals surface area contributed by atoms with Gasteiger partial charge in [0, 0.05) is 12.4 Å². The lowest BCUT2D eigenvalue weighted by molar-refractivity contribution is -0.134. The molecule has 196 valence electrons. The van der Waals surface area contributed by atoms with Crippen molar-refractivity contribution in [1.29, 1.82) is 0 Å². The number of nitrogens with zero attached hydrogens (tertiary/aromatic N) is 2. The molecule has 0 aliphatic heterocycles. The number of hydrogen-bond acceptors (Lipinski definition) is 7. The molecule has 0 amide bonds. The van der Waals surface area contributed by atoms with Crippen molar-refractivity contribution in [2.24, 2.45) is 0 Å². The van der Waals surface area contributed by atoms with E-state index in [4.69, 9.17) is 9.84 Å². The summed E-state index contributed by atoms with van der Waals surface area (Å²) in [5.74, 6) is 0.0966. The maximum absolute atomic E-state index is 13.1. The van der Waals surface area contributed by atoms with Gasteiger partial charge >= 0.3 is 5.97 Å². The van der Waals surface area contributed by atoms with Gasteiger partial charge in [-0.2, -0.15) is 0 Å². The number of carboxylic acids is 1. The van der Waals surface area contributed by atoms with Crippen LogP contribution >= 0.6 is 0 Å². The highest BCUT2D eigenvalue weighted by Gasteiger charge is 2.23. The minimum absolute atomic E-state index is 0.0367. The molecule has 9 nitrogen and oxygen atoms in total. The predicted molar refractivity (Wildman–Crippen MR) is 144 cm³/mol. The van der Waals surface area contributed by atoms with E-state index >= 15 is 0 Å². The number of nitrogens with one attached hydrogen (secondary N) is 2. The van der Waals surface area contributed by atoms with Gasteiger partial charge in [-0.25, -0.2) is 18.1 Å². The largest absolute Gasteiger partial charge is 0.494 e. The van der Waals surface area contributed by atoms with Crippen LogP contribution in [0, 0.1) is 0 Å². The van der Waals surface area contributed by atoms with Crippen molar-refractivity contribution in [2.75, 3.05) is 18.5 Å². The number of carboxylic acid groups (broad SMARTS) is 1. The second-order valence-corrected chi connectivity index (χ2v) is 10.1. The van der Waals surface area contributed by atoms with Crippen LogP contribution in [0.15, 0.2) is 96.2 Å². The van der Waals surface area contributed by atoms with Crippen LogP contribution in [-0.2, 0) is 21.2 Å². The standard InChI is InChI=1S/C28H28N4O5S/c1-2-37-23-7-3-6-22(17-23)21-13-11-20(12-14-21)16-26(32-38(35,36)24-8-5-15-29-18-24)25-9-4-10-27(31-25)30-19-28(33)34/h3-15,17-18,26,32H,2,16,19H2,1H3,(H,30,31)(H,33,34). The SMILES string of the molecule is CCOc1cccc(-c2ccc(CC(NS(=O)(=O)c3cccnc3)c3cccc(NCC(=O)O)n3)cc2)c1. The fourth-order valence-corrected chi connectivity index (χ4v) is 5.05. The van der Waals surface area contributed by atoms with Gasteiger partial charge in [0.25, 0.3) is 0 Å². The Balaban J connectivity index is 1.61. The van der Waals surface area contributed by atoms with Crippen molar-refractivity contribution in [3.63, 3.8) is 0 Å². The van der Waals surface area contributed by atoms with Crippen molar-refractivity contribution < 1.29 is 23.1 Å². The molecule has 2 heterocycles. The van der Waals surface area contributed by atoms with Gasteiger partial charge < -0.3 is 15.2 Å². The van der Waals surface area contributed by atoms with Crippen LogP contribution < -0.4 is 14.8 Å². The quantitative estimate of drug-likeness (QED) is 0.246. The molecule has 4 aromatic rings. The van der Waals surface area contributed by atoms with E-state index in [9.17, 15) is 13.2 Å². The summed E-state index contributed by atoms with van der Waals surface area (Å²) in [7, 11) is -3.91. The van der Waals surface area contributed by atoms with E-state index in [0.717, 1.165) is 22.4 Å². The van der Waals surface area contributed by atoms with Crippen molar-refractivity contribution in [1.82, 2.24) is 14.7 Å². The smallest absolute Gasteiger partial charge is 0.322 e. The molecule has 2 aromatic carbocycles. The summed E-state index contributed by atoms with van der Waals surface area (Å²) in [4.78, 5) is 19.4. The fourth-order valence-electron chi connectivity index (χ4n) is 3.88. The number of hydrogen-bond donors (Lipinski definition) is 3. The van der Waals surface area contributed by atoms with Crippen LogP contribution in [0.4, 0.5) is 5.82 Å². The Kier molecular flexibility index (Phi) is 8.67. The van der Waals surface area contributed by atoms with Gasteiger partial charge in [0.2, 0.25) is 10.0 Å². The molecule has 1 atom stereocenters. The van der Waals surface area contributed by atoms with Crippen LogP contribution in [0.3, 0.4) is 0 Å². The van der Waals surface area contributed by atoms with Crippen molar-refractivity contribution in [3.8, 4) is 16.9 Å². The van der Waals surface area contributed by atoms with Gasteiger partial charge in [-0.1, -0.05) is 42.5 Å². The Bertz CT molecular complexity index is 1480. The molecule has 0 spiro atoms. The fraction of sp³-hybridized carbons (Fsp3) is 0.179. The second-order valence-electron chi connectivity index (χ2n) is 8.42. The summed E-state index contributed by atoms with van der Waals surface area (Å²) in [6.07, 6.45) is 3.10. The second kappa shape index (κ2) is 12.3. The number of aromatic nitrogens is 2. The molecule has 0 aliphatic rings. The summed E-state index contributed by atoms with van der Waals surface area (Å²) < 4.78 is 34.6. The molecule has 0 saturated heterocycles. The van der Waals surface area contributed by atoms with E-state index < -0.39 is 22.0 Å². The first kappa shape index (κ1) is 26.8. The highest BCUT2D eigenvalue weighted by molar-refractivity contribution is 7.89. The van der Waals surface area contributed by atoms with Gasteiger partial charge in [-0.15, -0.1) is 0 Å². The van der Waals surface area contributed by atoms with Gasteiger partial charge in [0.15, 0.2) is 0 Å². The number of rotatable bonds is 12. The third-order valence-electron chi connectivity index (χ3n) is 5.66. The van der Waals surface area contributed by atoms with E-state index in [-0.39, 0.29) is 11.4 Å². The molecule has 0 fully saturated rings. The van der Waals surface area contributed by atoms with Gasteiger partial charge in [0.1, 0.15) is 23.0 Å². The molecule has 38 heavy (non-hydrogen) atoms. The molecular formula is C28H28N4O5S. The first-order valence-electron chi connectivity index (χ1n) is 12.0.